The van der Waals surface area contributed by atoms with Crippen molar-refractivity contribution >= 4 is 5.97 Å². The molecule has 1 fully saturated rings. The molecule has 1 aliphatic heterocycles. The lowest BCUT2D eigenvalue weighted by Gasteiger charge is -2.06. The first-order chi connectivity index (χ1) is 6.75. The van der Waals surface area contributed by atoms with Crippen LogP contribution in [-0.4, -0.2) is 23.8 Å². The molecule has 2 unspecified atom stereocenters. The molecule has 76 valence electrons. The number of hydrogen-bond donors (Lipinski definition) is 1. The molecule has 14 heavy (non-hydrogen) atoms. The van der Waals surface area contributed by atoms with Crippen LogP contribution in [-0.2, 0) is 14.3 Å². The Balaban J connectivity index is 1.92. The second kappa shape index (κ2) is 3.81. The average Bonchev–Trinajstić information content (AvgIpc) is 2.69. The molecular weight excluding hydrogens is 188 g/mol. The summed E-state index contributed by atoms with van der Waals surface area (Å²) in [6.45, 7) is 0.289. The maximum absolute atomic E-state index is 10.4. The fraction of sp³-hybridized carbons (Fsp3) is 0.444. The van der Waals surface area contributed by atoms with E-state index in [0.717, 1.165) is 0 Å². The Kier molecular flexibility index (Phi) is 2.51. The molecule has 0 bridgehead atoms. The van der Waals surface area contributed by atoms with Gasteiger partial charge in [0.15, 0.2) is 5.76 Å². The van der Waals surface area contributed by atoms with Gasteiger partial charge in [-0.15, -0.1) is 0 Å². The summed E-state index contributed by atoms with van der Waals surface area (Å²) >= 11 is 0. The Hall–Kier alpha value is -1.33. The van der Waals surface area contributed by atoms with Crippen molar-refractivity contribution in [2.24, 2.45) is 0 Å². The first-order valence-corrected chi connectivity index (χ1v) is 4.28. The van der Waals surface area contributed by atoms with Crippen LogP contribution in [0.5, 0.6) is 0 Å². The predicted octanol–water partition coefficient (Wildman–Crippen LogP) is 1.17. The molecule has 2 heterocycles. The molecule has 0 radical (unpaired) electrons. The molecule has 5 nitrogen and oxygen atoms in total. The van der Waals surface area contributed by atoms with Gasteiger partial charge >= 0.3 is 5.97 Å². The van der Waals surface area contributed by atoms with Crippen LogP contribution in [0, 0.1) is 0 Å². The van der Waals surface area contributed by atoms with Crippen LogP contribution in [0.1, 0.15) is 18.5 Å². The van der Waals surface area contributed by atoms with Crippen LogP contribution in [0.4, 0.5) is 0 Å². The number of carbonyl (C=O) groups is 1. The van der Waals surface area contributed by atoms with Crippen molar-refractivity contribution < 1.29 is 23.8 Å². The molecule has 1 N–H and O–H groups in total. The third kappa shape index (κ3) is 1.94. The number of rotatable bonds is 3. The lowest BCUT2D eigenvalue weighted by molar-refractivity contribution is -0.140. The van der Waals surface area contributed by atoms with Gasteiger partial charge in [0.25, 0.3) is 0 Å². The summed E-state index contributed by atoms with van der Waals surface area (Å²) in [5, 5.41) is 8.53. The Morgan fingerprint density at radius 1 is 1.64 bits per heavy atom. The molecule has 0 saturated carbocycles. The van der Waals surface area contributed by atoms with E-state index >= 15 is 0 Å². The quantitative estimate of drug-likeness (QED) is 0.789. The minimum atomic E-state index is -0.890. The number of carboxylic acids is 1. The monoisotopic (exact) mass is 198 g/mol. The van der Waals surface area contributed by atoms with Gasteiger partial charge in [0.1, 0.15) is 0 Å². The Morgan fingerprint density at radius 3 is 3.14 bits per heavy atom. The molecule has 1 aromatic rings. The topological polar surface area (TPSA) is 68.9 Å². The van der Waals surface area contributed by atoms with E-state index in [0.29, 0.717) is 5.76 Å². The average molecular weight is 198 g/mol. The van der Waals surface area contributed by atoms with E-state index < -0.39 is 12.3 Å². The summed E-state index contributed by atoms with van der Waals surface area (Å²) in [5.41, 5.74) is 0. The summed E-state index contributed by atoms with van der Waals surface area (Å²) in [7, 11) is 0. The zero-order chi connectivity index (χ0) is 9.97. The molecule has 5 heteroatoms. The maximum Gasteiger partial charge on any atom is 0.306 e. The van der Waals surface area contributed by atoms with Crippen molar-refractivity contribution in [3.8, 4) is 0 Å². The Bertz CT molecular complexity index is 305. The molecule has 2 atom stereocenters. The second-order valence-electron chi connectivity index (χ2n) is 3.04. The van der Waals surface area contributed by atoms with E-state index in [1.165, 1.54) is 6.26 Å². The number of carboxylic acid groups (broad SMARTS) is 1. The standard InChI is InChI=1S/C9H10O5/c10-8(11)4-6-5-13-9(14-6)7-2-1-3-12-7/h1-3,6,9H,4-5H2,(H,10,11). The Morgan fingerprint density at radius 2 is 2.50 bits per heavy atom. The van der Waals surface area contributed by atoms with Gasteiger partial charge in [-0.3, -0.25) is 4.79 Å². The predicted molar refractivity (Wildman–Crippen MR) is 44.5 cm³/mol. The van der Waals surface area contributed by atoms with Crippen molar-refractivity contribution in [1.29, 1.82) is 0 Å². The zero-order valence-electron chi connectivity index (χ0n) is 7.38. The molecule has 0 aromatic carbocycles. The van der Waals surface area contributed by atoms with E-state index in [1.54, 1.807) is 12.1 Å². The van der Waals surface area contributed by atoms with Crippen LogP contribution in [0.15, 0.2) is 22.8 Å². The van der Waals surface area contributed by atoms with Crippen molar-refractivity contribution in [2.75, 3.05) is 6.61 Å². The molecule has 0 spiro atoms. The highest BCUT2D eigenvalue weighted by atomic mass is 16.7. The van der Waals surface area contributed by atoms with Gasteiger partial charge in [0.2, 0.25) is 6.29 Å². The van der Waals surface area contributed by atoms with Gasteiger partial charge in [-0.05, 0) is 12.1 Å². The van der Waals surface area contributed by atoms with E-state index in [1.807, 2.05) is 0 Å². The third-order valence-corrected chi connectivity index (χ3v) is 1.93. The number of hydrogen-bond acceptors (Lipinski definition) is 4. The molecule has 1 aromatic heterocycles. The molecule has 0 amide bonds. The fourth-order valence-electron chi connectivity index (χ4n) is 1.32. The SMILES string of the molecule is O=C(O)CC1COC(c2ccco2)O1. The van der Waals surface area contributed by atoms with Crippen molar-refractivity contribution in [2.45, 2.75) is 18.8 Å². The van der Waals surface area contributed by atoms with Crippen LogP contribution >= 0.6 is 0 Å². The van der Waals surface area contributed by atoms with E-state index in [9.17, 15) is 4.79 Å². The third-order valence-electron chi connectivity index (χ3n) is 1.93. The van der Waals surface area contributed by atoms with E-state index in [4.69, 9.17) is 19.0 Å². The highest BCUT2D eigenvalue weighted by molar-refractivity contribution is 5.67. The van der Waals surface area contributed by atoms with Gasteiger partial charge < -0.3 is 19.0 Å². The highest BCUT2D eigenvalue weighted by Crippen LogP contribution is 2.28. The van der Waals surface area contributed by atoms with Gasteiger partial charge in [0, 0.05) is 0 Å². The lowest BCUT2D eigenvalue weighted by atomic mass is 10.3. The van der Waals surface area contributed by atoms with Gasteiger partial charge in [0.05, 0.1) is 25.4 Å². The highest BCUT2D eigenvalue weighted by Gasteiger charge is 2.30. The van der Waals surface area contributed by atoms with Crippen molar-refractivity contribution in [3.05, 3.63) is 24.2 Å². The number of furan rings is 1. The number of aliphatic carboxylic acids is 1. The zero-order valence-corrected chi connectivity index (χ0v) is 7.38. The second-order valence-corrected chi connectivity index (χ2v) is 3.04. The van der Waals surface area contributed by atoms with Crippen LogP contribution in [0.3, 0.4) is 0 Å². The summed E-state index contributed by atoms with van der Waals surface area (Å²) in [6, 6.07) is 3.46. The smallest absolute Gasteiger partial charge is 0.306 e. The van der Waals surface area contributed by atoms with E-state index in [-0.39, 0.29) is 19.1 Å². The minimum Gasteiger partial charge on any atom is -0.481 e. The summed E-state index contributed by atoms with van der Waals surface area (Å²) in [5.74, 6) is -0.323. The Labute approximate surface area is 80.2 Å². The van der Waals surface area contributed by atoms with Gasteiger partial charge in [-0.1, -0.05) is 0 Å². The summed E-state index contributed by atoms with van der Waals surface area (Å²) in [4.78, 5) is 10.4. The van der Waals surface area contributed by atoms with Crippen LogP contribution < -0.4 is 0 Å². The van der Waals surface area contributed by atoms with Gasteiger partial charge in [-0.2, -0.15) is 0 Å². The lowest BCUT2D eigenvalue weighted by Crippen LogP contribution is -2.15. The fourth-order valence-corrected chi connectivity index (χ4v) is 1.32. The van der Waals surface area contributed by atoms with E-state index in [2.05, 4.69) is 0 Å². The molecule has 0 aliphatic carbocycles. The summed E-state index contributed by atoms with van der Waals surface area (Å²) < 4.78 is 15.6. The number of ether oxygens (including phenoxy) is 2. The summed E-state index contributed by atoms with van der Waals surface area (Å²) in [6.07, 6.45) is 0.529. The van der Waals surface area contributed by atoms with Crippen LogP contribution in [0.2, 0.25) is 0 Å². The van der Waals surface area contributed by atoms with Crippen molar-refractivity contribution in [1.82, 2.24) is 0 Å². The maximum atomic E-state index is 10.4. The van der Waals surface area contributed by atoms with Crippen molar-refractivity contribution in [3.63, 3.8) is 0 Å². The minimum absolute atomic E-state index is 0.0444. The molecule has 1 saturated heterocycles. The van der Waals surface area contributed by atoms with Gasteiger partial charge in [-0.25, -0.2) is 0 Å². The first kappa shape index (κ1) is 9.23. The normalized spacial score (nSPS) is 26.6. The molecule has 2 rings (SSSR count). The van der Waals surface area contributed by atoms with Crippen LogP contribution in [0.25, 0.3) is 0 Å². The largest absolute Gasteiger partial charge is 0.481 e. The molecular formula is C9H10O5. The molecule has 1 aliphatic rings. The first-order valence-electron chi connectivity index (χ1n) is 4.28.